The maximum absolute atomic E-state index is 12.3. The molecule has 0 aliphatic carbocycles. The van der Waals surface area contributed by atoms with E-state index in [4.69, 9.17) is 11.6 Å². The van der Waals surface area contributed by atoms with Crippen LogP contribution in [0.4, 0.5) is 5.69 Å². The first-order valence-corrected chi connectivity index (χ1v) is 9.25. The quantitative estimate of drug-likeness (QED) is 0.768. The van der Waals surface area contributed by atoms with Crippen molar-refractivity contribution >= 4 is 43.8 Å². The third kappa shape index (κ3) is 3.58. The van der Waals surface area contributed by atoms with Crippen molar-refractivity contribution in [3.63, 3.8) is 0 Å². The van der Waals surface area contributed by atoms with Gasteiger partial charge in [-0.1, -0.05) is 48.0 Å². The second-order valence-electron chi connectivity index (χ2n) is 5.29. The van der Waals surface area contributed by atoms with Crippen LogP contribution in [0.2, 0.25) is 5.02 Å². The second-order valence-corrected chi connectivity index (χ2v) is 7.71. The molecular formula is C18H14ClNO3S. The number of fused-ring (bicyclic) bond motifs is 1. The molecule has 24 heavy (non-hydrogen) atoms. The summed E-state index contributed by atoms with van der Waals surface area (Å²) in [5.41, 5.74) is 0.587. The summed E-state index contributed by atoms with van der Waals surface area (Å²) in [6.45, 7) is 0. The summed E-state index contributed by atoms with van der Waals surface area (Å²) in [5.74, 6) is -1.21. The normalized spacial score (nSPS) is 11.4. The Morgan fingerprint density at radius 2 is 1.58 bits per heavy atom. The molecule has 0 bridgehead atoms. The smallest absolute Gasteiger partial charge is 0.239 e. The third-order valence-electron chi connectivity index (χ3n) is 3.56. The Bertz CT molecular complexity index is 993. The molecule has 0 spiro atoms. The van der Waals surface area contributed by atoms with Gasteiger partial charge >= 0.3 is 0 Å². The van der Waals surface area contributed by atoms with Gasteiger partial charge in [0.25, 0.3) is 0 Å². The number of benzene rings is 3. The zero-order valence-corrected chi connectivity index (χ0v) is 14.1. The molecule has 0 saturated heterocycles. The molecule has 0 saturated carbocycles. The number of carbonyl (C=O) groups excluding carboxylic acids is 1. The number of anilines is 1. The van der Waals surface area contributed by atoms with Crippen molar-refractivity contribution in [1.82, 2.24) is 0 Å². The molecule has 3 aromatic rings. The number of sulfone groups is 1. The van der Waals surface area contributed by atoms with Gasteiger partial charge in [0, 0.05) is 16.1 Å². The second kappa shape index (κ2) is 6.63. The first kappa shape index (κ1) is 16.5. The Labute approximate surface area is 145 Å². The standard InChI is InChI=1S/C18H14ClNO3S/c19-14-8-10-15(11-9-14)24(22,23)12-18(21)20-17-7-3-5-13-4-1-2-6-16(13)17/h1-11H,12H2,(H,20,21). The summed E-state index contributed by atoms with van der Waals surface area (Å²) in [7, 11) is -3.72. The molecule has 0 fully saturated rings. The molecule has 0 radical (unpaired) electrons. The summed E-state index contributed by atoms with van der Waals surface area (Å²) in [6, 6.07) is 18.8. The molecule has 1 N–H and O–H groups in total. The molecule has 3 rings (SSSR count). The number of hydrogen-bond donors (Lipinski definition) is 1. The lowest BCUT2D eigenvalue weighted by Gasteiger charge is -2.09. The van der Waals surface area contributed by atoms with Gasteiger partial charge in [0.2, 0.25) is 5.91 Å². The van der Waals surface area contributed by atoms with Crippen LogP contribution in [0.15, 0.2) is 71.6 Å². The minimum absolute atomic E-state index is 0.0694. The highest BCUT2D eigenvalue weighted by molar-refractivity contribution is 7.92. The molecule has 0 unspecified atom stereocenters. The van der Waals surface area contributed by atoms with Crippen LogP contribution in [0.1, 0.15) is 0 Å². The van der Waals surface area contributed by atoms with Crippen molar-refractivity contribution in [2.45, 2.75) is 4.90 Å². The largest absolute Gasteiger partial charge is 0.325 e. The minimum atomic E-state index is -3.72. The van der Waals surface area contributed by atoms with Crippen molar-refractivity contribution in [2.75, 3.05) is 11.1 Å². The number of rotatable bonds is 4. The Kier molecular flexibility index (Phi) is 4.55. The van der Waals surface area contributed by atoms with Crippen LogP contribution in [0, 0.1) is 0 Å². The number of nitrogens with one attached hydrogen (secondary N) is 1. The van der Waals surface area contributed by atoms with Crippen molar-refractivity contribution < 1.29 is 13.2 Å². The number of halogens is 1. The topological polar surface area (TPSA) is 63.2 Å². The Hall–Kier alpha value is -2.37. The fourth-order valence-corrected chi connectivity index (χ4v) is 3.68. The maximum atomic E-state index is 12.3. The predicted molar refractivity (Wildman–Crippen MR) is 96.1 cm³/mol. The lowest BCUT2D eigenvalue weighted by atomic mass is 10.1. The van der Waals surface area contributed by atoms with Gasteiger partial charge in [-0.05, 0) is 35.7 Å². The van der Waals surface area contributed by atoms with E-state index in [1.54, 1.807) is 6.07 Å². The minimum Gasteiger partial charge on any atom is -0.325 e. The van der Waals surface area contributed by atoms with Crippen molar-refractivity contribution in [1.29, 1.82) is 0 Å². The predicted octanol–water partition coefficient (Wildman–Crippen LogP) is 3.91. The Morgan fingerprint density at radius 1 is 0.917 bits per heavy atom. The summed E-state index contributed by atoms with van der Waals surface area (Å²) in [4.78, 5) is 12.3. The molecule has 0 aromatic heterocycles. The highest BCUT2D eigenvalue weighted by atomic mass is 35.5. The van der Waals surface area contributed by atoms with Gasteiger partial charge in [-0.2, -0.15) is 0 Å². The van der Waals surface area contributed by atoms with Gasteiger partial charge in [0.1, 0.15) is 5.75 Å². The van der Waals surface area contributed by atoms with Crippen molar-refractivity contribution in [2.24, 2.45) is 0 Å². The molecule has 0 heterocycles. The number of hydrogen-bond acceptors (Lipinski definition) is 3. The van der Waals surface area contributed by atoms with Crippen LogP contribution < -0.4 is 5.32 Å². The van der Waals surface area contributed by atoms with E-state index in [2.05, 4.69) is 5.32 Å². The van der Waals surface area contributed by atoms with E-state index in [1.165, 1.54) is 24.3 Å². The van der Waals surface area contributed by atoms with Crippen molar-refractivity contribution in [3.8, 4) is 0 Å². The first-order chi connectivity index (χ1) is 11.5. The molecule has 4 nitrogen and oxygen atoms in total. The first-order valence-electron chi connectivity index (χ1n) is 7.22. The van der Waals surface area contributed by atoms with E-state index in [-0.39, 0.29) is 4.90 Å². The van der Waals surface area contributed by atoms with Crippen molar-refractivity contribution in [3.05, 3.63) is 71.8 Å². The van der Waals surface area contributed by atoms with Gasteiger partial charge in [-0.25, -0.2) is 8.42 Å². The van der Waals surface area contributed by atoms with Gasteiger partial charge < -0.3 is 5.32 Å². The summed E-state index contributed by atoms with van der Waals surface area (Å²) in [5, 5.41) is 4.94. The fourth-order valence-electron chi connectivity index (χ4n) is 2.42. The number of amides is 1. The summed E-state index contributed by atoms with van der Waals surface area (Å²) in [6.07, 6.45) is 0. The monoisotopic (exact) mass is 359 g/mol. The average Bonchev–Trinajstić information content (AvgIpc) is 2.55. The Balaban J connectivity index is 1.81. The molecule has 122 valence electrons. The highest BCUT2D eigenvalue weighted by Gasteiger charge is 2.19. The van der Waals surface area contributed by atoms with Crippen LogP contribution in [-0.2, 0) is 14.6 Å². The van der Waals surface area contributed by atoms with Crippen LogP contribution in [0.25, 0.3) is 10.8 Å². The Morgan fingerprint density at radius 3 is 2.33 bits per heavy atom. The van der Waals surface area contributed by atoms with Gasteiger partial charge in [-0.3, -0.25) is 4.79 Å². The maximum Gasteiger partial charge on any atom is 0.239 e. The van der Waals surface area contributed by atoms with Crippen LogP contribution in [0.3, 0.4) is 0 Å². The fraction of sp³-hybridized carbons (Fsp3) is 0.0556. The van der Waals surface area contributed by atoms with E-state index in [0.29, 0.717) is 10.7 Å². The molecule has 0 aliphatic rings. The zero-order chi connectivity index (χ0) is 17.2. The average molecular weight is 360 g/mol. The van der Waals surface area contributed by atoms with E-state index in [9.17, 15) is 13.2 Å². The zero-order valence-electron chi connectivity index (χ0n) is 12.6. The number of carbonyl (C=O) groups is 1. The molecular weight excluding hydrogens is 346 g/mol. The summed E-state index contributed by atoms with van der Waals surface area (Å²) >= 11 is 5.76. The SMILES string of the molecule is O=C(CS(=O)(=O)c1ccc(Cl)cc1)Nc1cccc2ccccc12. The van der Waals surface area contributed by atoms with Gasteiger partial charge in [0.15, 0.2) is 9.84 Å². The highest BCUT2D eigenvalue weighted by Crippen LogP contribution is 2.23. The van der Waals surface area contributed by atoms with Crippen LogP contribution in [-0.4, -0.2) is 20.1 Å². The summed E-state index contributed by atoms with van der Waals surface area (Å²) < 4.78 is 24.6. The van der Waals surface area contributed by atoms with E-state index < -0.39 is 21.5 Å². The molecule has 0 atom stereocenters. The molecule has 3 aromatic carbocycles. The third-order valence-corrected chi connectivity index (χ3v) is 5.44. The van der Waals surface area contributed by atoms with Crippen LogP contribution >= 0.6 is 11.6 Å². The van der Waals surface area contributed by atoms with E-state index >= 15 is 0 Å². The van der Waals surface area contributed by atoms with E-state index in [1.807, 2.05) is 36.4 Å². The lowest BCUT2D eigenvalue weighted by molar-refractivity contribution is -0.113. The van der Waals surface area contributed by atoms with E-state index in [0.717, 1.165) is 10.8 Å². The molecule has 1 amide bonds. The molecule has 6 heteroatoms. The van der Waals surface area contributed by atoms with Gasteiger partial charge in [-0.15, -0.1) is 0 Å². The van der Waals surface area contributed by atoms with Gasteiger partial charge in [0.05, 0.1) is 4.90 Å². The van der Waals surface area contributed by atoms with Crippen LogP contribution in [0.5, 0.6) is 0 Å². The lowest BCUT2D eigenvalue weighted by Crippen LogP contribution is -2.23. The molecule has 0 aliphatic heterocycles.